The molecule has 3 aromatic rings. The van der Waals surface area contributed by atoms with Crippen LogP contribution in [0.15, 0.2) is 42.7 Å². The van der Waals surface area contributed by atoms with Crippen LogP contribution in [0.1, 0.15) is 29.3 Å². The van der Waals surface area contributed by atoms with Crippen molar-refractivity contribution in [2.24, 2.45) is 0 Å². The summed E-state index contributed by atoms with van der Waals surface area (Å²) in [6.45, 7) is 1.79. The minimum atomic E-state index is -3.42. The van der Waals surface area contributed by atoms with Crippen molar-refractivity contribution in [2.75, 3.05) is 10.5 Å². The molecule has 2 heterocycles. The molecule has 0 radical (unpaired) electrons. The number of fused-ring (bicyclic) bond motifs is 1. The molecule has 0 aliphatic heterocycles. The Kier molecular flexibility index (Phi) is 4.78. The Hall–Kier alpha value is -2.38. The lowest BCUT2D eigenvalue weighted by Crippen LogP contribution is -2.16. The van der Waals surface area contributed by atoms with Crippen molar-refractivity contribution in [1.82, 2.24) is 9.97 Å². The third-order valence-electron chi connectivity index (χ3n) is 3.61. The lowest BCUT2D eigenvalue weighted by Gasteiger charge is -2.08. The number of hydrogen-bond donors (Lipinski definition) is 2. The molecule has 3 rings (SSSR count). The van der Waals surface area contributed by atoms with Crippen molar-refractivity contribution in [2.45, 2.75) is 13.3 Å². The predicted molar refractivity (Wildman–Crippen MR) is 98.7 cm³/mol. The second-order valence-corrected chi connectivity index (χ2v) is 7.86. The van der Waals surface area contributed by atoms with Gasteiger partial charge >= 0.3 is 0 Å². The third kappa shape index (κ3) is 3.83. The van der Waals surface area contributed by atoms with Crippen molar-refractivity contribution >= 4 is 44.1 Å². The fraction of sp³-hybridized carbons (Fsp3) is 0.176. The van der Waals surface area contributed by atoms with Gasteiger partial charge < -0.3 is 4.98 Å². The Labute approximate surface area is 150 Å². The number of aromatic nitrogens is 2. The average Bonchev–Trinajstić information content (AvgIpc) is 2.96. The fourth-order valence-electron chi connectivity index (χ4n) is 2.54. The first-order valence-electron chi connectivity index (χ1n) is 7.67. The van der Waals surface area contributed by atoms with E-state index in [-0.39, 0.29) is 11.5 Å². The quantitative estimate of drug-likeness (QED) is 0.642. The zero-order chi connectivity index (χ0) is 18.0. The highest BCUT2D eigenvalue weighted by atomic mass is 35.5. The highest BCUT2D eigenvalue weighted by Gasteiger charge is 2.16. The van der Waals surface area contributed by atoms with Gasteiger partial charge in [0.2, 0.25) is 10.0 Å². The average molecular weight is 378 g/mol. The second-order valence-electron chi connectivity index (χ2n) is 5.58. The monoisotopic (exact) mass is 377 g/mol. The van der Waals surface area contributed by atoms with Gasteiger partial charge in [-0.1, -0.05) is 30.7 Å². The minimum Gasteiger partial charge on any atom is -0.345 e. The highest BCUT2D eigenvalue weighted by molar-refractivity contribution is 7.92. The van der Waals surface area contributed by atoms with Gasteiger partial charge in [0, 0.05) is 34.6 Å². The number of hydrogen-bond acceptors (Lipinski definition) is 4. The molecule has 6 nitrogen and oxygen atoms in total. The van der Waals surface area contributed by atoms with Gasteiger partial charge in [-0.05, 0) is 24.6 Å². The number of nitrogens with one attached hydrogen (secondary N) is 2. The molecule has 0 aliphatic rings. The van der Waals surface area contributed by atoms with E-state index in [2.05, 4.69) is 14.7 Å². The van der Waals surface area contributed by atoms with E-state index in [0.29, 0.717) is 39.3 Å². The van der Waals surface area contributed by atoms with Crippen LogP contribution in [0.5, 0.6) is 0 Å². The molecule has 0 spiro atoms. The molecule has 0 saturated heterocycles. The number of carbonyl (C=O) groups excluding carboxylic acids is 1. The van der Waals surface area contributed by atoms with Crippen LogP contribution in [0.3, 0.4) is 0 Å². The van der Waals surface area contributed by atoms with Crippen LogP contribution in [-0.2, 0) is 10.0 Å². The fourth-order valence-corrected chi connectivity index (χ4v) is 3.83. The van der Waals surface area contributed by atoms with Crippen LogP contribution < -0.4 is 4.72 Å². The lowest BCUT2D eigenvalue weighted by atomic mass is 10.0. The number of anilines is 1. The van der Waals surface area contributed by atoms with Crippen molar-refractivity contribution in [1.29, 1.82) is 0 Å². The van der Waals surface area contributed by atoms with E-state index < -0.39 is 10.0 Å². The Morgan fingerprint density at radius 3 is 2.88 bits per heavy atom. The van der Waals surface area contributed by atoms with Gasteiger partial charge in [-0.15, -0.1) is 0 Å². The summed E-state index contributed by atoms with van der Waals surface area (Å²) < 4.78 is 26.3. The summed E-state index contributed by atoms with van der Waals surface area (Å²) in [6.07, 6.45) is 3.58. The molecule has 0 unspecified atom stereocenters. The molecule has 130 valence electrons. The van der Waals surface area contributed by atoms with Crippen molar-refractivity contribution in [3.05, 3.63) is 58.9 Å². The van der Waals surface area contributed by atoms with E-state index in [1.165, 1.54) is 12.3 Å². The number of halogens is 1. The van der Waals surface area contributed by atoms with Crippen LogP contribution in [0.25, 0.3) is 11.0 Å². The Bertz CT molecular complexity index is 1040. The molecule has 2 aromatic heterocycles. The first-order chi connectivity index (χ1) is 11.9. The summed E-state index contributed by atoms with van der Waals surface area (Å²) >= 11 is 5.96. The molecule has 0 fully saturated rings. The van der Waals surface area contributed by atoms with Gasteiger partial charge in [-0.25, -0.2) is 13.4 Å². The maximum Gasteiger partial charge on any atom is 0.232 e. The molecule has 0 amide bonds. The largest absolute Gasteiger partial charge is 0.345 e. The molecule has 0 aliphatic carbocycles. The molecule has 25 heavy (non-hydrogen) atoms. The Balaban J connectivity index is 1.95. The molecule has 0 atom stereocenters. The predicted octanol–water partition coefficient (Wildman–Crippen LogP) is 3.60. The number of carbonyl (C=O) groups is 1. The van der Waals surface area contributed by atoms with Crippen LogP contribution in [-0.4, -0.2) is 29.9 Å². The van der Waals surface area contributed by atoms with Crippen LogP contribution in [0.2, 0.25) is 5.02 Å². The summed E-state index contributed by atoms with van der Waals surface area (Å²) in [5.74, 6) is -0.218. The Morgan fingerprint density at radius 2 is 2.12 bits per heavy atom. The van der Waals surface area contributed by atoms with Crippen molar-refractivity contribution < 1.29 is 13.2 Å². The lowest BCUT2D eigenvalue weighted by molar-refractivity contribution is 0.104. The van der Waals surface area contributed by atoms with Gasteiger partial charge in [-0.2, -0.15) is 0 Å². The summed E-state index contributed by atoms with van der Waals surface area (Å²) in [5.41, 5.74) is 1.72. The van der Waals surface area contributed by atoms with E-state index in [4.69, 9.17) is 11.6 Å². The van der Waals surface area contributed by atoms with E-state index in [1.54, 1.807) is 37.4 Å². The Morgan fingerprint density at radius 1 is 1.32 bits per heavy atom. The summed E-state index contributed by atoms with van der Waals surface area (Å²) in [6, 6.07) is 8.07. The smallest absolute Gasteiger partial charge is 0.232 e. The first kappa shape index (κ1) is 17.4. The molecule has 0 saturated carbocycles. The van der Waals surface area contributed by atoms with Gasteiger partial charge in [0.05, 0.1) is 10.8 Å². The number of sulfonamides is 1. The van der Waals surface area contributed by atoms with Gasteiger partial charge in [0.1, 0.15) is 5.65 Å². The van der Waals surface area contributed by atoms with Crippen LogP contribution >= 0.6 is 11.6 Å². The van der Waals surface area contributed by atoms with Crippen LogP contribution in [0.4, 0.5) is 5.69 Å². The minimum absolute atomic E-state index is 0.0256. The molecular formula is C17H16ClN3O3S. The standard InChI is InChI=1S/C17H16ClN3O3S/c1-2-6-25(23,24)21-13-5-3-4-11(7-13)16(22)15-10-20-17-14(15)8-12(18)9-19-17/h3-5,7-10,21H,2,6H2,1H3,(H,19,20). The number of H-pyrrole nitrogens is 1. The number of nitrogens with zero attached hydrogens (tertiary/aromatic N) is 1. The topological polar surface area (TPSA) is 91.9 Å². The number of benzene rings is 1. The zero-order valence-electron chi connectivity index (χ0n) is 13.4. The molecular weight excluding hydrogens is 362 g/mol. The summed E-state index contributed by atoms with van der Waals surface area (Å²) in [7, 11) is -3.42. The van der Waals surface area contributed by atoms with E-state index in [9.17, 15) is 13.2 Å². The third-order valence-corrected chi connectivity index (χ3v) is 5.31. The summed E-state index contributed by atoms with van der Waals surface area (Å²) in [4.78, 5) is 19.9. The van der Waals surface area contributed by atoms with Gasteiger partial charge in [0.25, 0.3) is 0 Å². The number of ketones is 1. The van der Waals surface area contributed by atoms with Crippen LogP contribution in [0, 0.1) is 0 Å². The highest BCUT2D eigenvalue weighted by Crippen LogP contribution is 2.24. The number of aromatic amines is 1. The van der Waals surface area contributed by atoms with E-state index in [0.717, 1.165) is 0 Å². The van der Waals surface area contributed by atoms with E-state index in [1.807, 2.05) is 0 Å². The number of rotatable bonds is 6. The second kappa shape index (κ2) is 6.85. The maximum absolute atomic E-state index is 12.8. The SMILES string of the molecule is CCCS(=O)(=O)Nc1cccc(C(=O)c2c[nH]c3ncc(Cl)cc23)c1. The molecule has 0 bridgehead atoms. The summed E-state index contributed by atoms with van der Waals surface area (Å²) in [5, 5.41) is 1.05. The van der Waals surface area contributed by atoms with Crippen molar-refractivity contribution in [3.8, 4) is 0 Å². The maximum atomic E-state index is 12.8. The number of pyridine rings is 1. The first-order valence-corrected chi connectivity index (χ1v) is 9.70. The zero-order valence-corrected chi connectivity index (χ0v) is 15.0. The van der Waals surface area contributed by atoms with Gasteiger partial charge in [0.15, 0.2) is 5.78 Å². The molecule has 8 heteroatoms. The normalized spacial score (nSPS) is 11.6. The van der Waals surface area contributed by atoms with Crippen molar-refractivity contribution in [3.63, 3.8) is 0 Å². The molecule has 2 N–H and O–H groups in total. The van der Waals surface area contributed by atoms with Gasteiger partial charge in [-0.3, -0.25) is 9.52 Å². The van der Waals surface area contributed by atoms with E-state index >= 15 is 0 Å². The molecule has 1 aromatic carbocycles.